The fourth-order valence-electron chi connectivity index (χ4n) is 3.12. The van der Waals surface area contributed by atoms with Gasteiger partial charge in [-0.25, -0.2) is 13.2 Å². The summed E-state index contributed by atoms with van der Waals surface area (Å²) >= 11 is 0. The van der Waals surface area contributed by atoms with E-state index < -0.39 is 34.4 Å². The Bertz CT molecular complexity index is 1050. The summed E-state index contributed by atoms with van der Waals surface area (Å²) < 4.78 is 35.3. The summed E-state index contributed by atoms with van der Waals surface area (Å²) in [6.07, 6.45) is 3.70. The van der Waals surface area contributed by atoms with Crippen LogP contribution in [0.4, 0.5) is 0 Å². The van der Waals surface area contributed by atoms with E-state index >= 15 is 0 Å². The van der Waals surface area contributed by atoms with Crippen LogP contribution in [0.5, 0.6) is 0 Å². The van der Waals surface area contributed by atoms with Gasteiger partial charge in [0.15, 0.2) is 16.4 Å². The molecule has 1 fully saturated rings. The van der Waals surface area contributed by atoms with Gasteiger partial charge >= 0.3 is 5.97 Å². The molecule has 28 heavy (non-hydrogen) atoms. The van der Waals surface area contributed by atoms with E-state index in [1.54, 1.807) is 29.1 Å². The molecule has 0 bridgehead atoms. The van der Waals surface area contributed by atoms with E-state index in [-0.39, 0.29) is 34.3 Å². The van der Waals surface area contributed by atoms with Gasteiger partial charge in [-0.2, -0.15) is 5.26 Å². The third-order valence-corrected chi connectivity index (χ3v) is 6.45. The molecule has 10 heteroatoms. The molecule has 1 atom stereocenters. The maximum absolute atomic E-state index is 12.5. The van der Waals surface area contributed by atoms with Crippen molar-refractivity contribution in [1.29, 1.82) is 5.26 Å². The number of carbonyl (C=O) groups is 2. The van der Waals surface area contributed by atoms with Crippen LogP contribution in [-0.4, -0.2) is 61.0 Å². The van der Waals surface area contributed by atoms with Gasteiger partial charge in [-0.1, -0.05) is 0 Å². The lowest BCUT2D eigenvalue weighted by molar-refractivity contribution is -0.134. The third kappa shape index (κ3) is 3.80. The molecule has 0 unspecified atom stereocenters. The van der Waals surface area contributed by atoms with Gasteiger partial charge < -0.3 is 14.1 Å². The van der Waals surface area contributed by atoms with Gasteiger partial charge in [0.05, 0.1) is 11.5 Å². The minimum atomic E-state index is -3.13. The summed E-state index contributed by atoms with van der Waals surface area (Å²) in [6.45, 7) is 0.974. The minimum Gasteiger partial charge on any atom is -0.452 e. The molecule has 1 saturated heterocycles. The van der Waals surface area contributed by atoms with Crippen molar-refractivity contribution in [2.45, 2.75) is 19.4 Å². The molecule has 1 aliphatic heterocycles. The second-order valence-corrected chi connectivity index (χ2v) is 8.78. The average Bonchev–Trinajstić information content (AvgIpc) is 3.36. The van der Waals surface area contributed by atoms with Crippen molar-refractivity contribution in [3.8, 4) is 12.0 Å². The molecule has 2 aromatic heterocycles. The molecular formula is C18H19N3O6S. The quantitative estimate of drug-likeness (QED) is 0.681. The predicted octanol–water partition coefficient (Wildman–Crippen LogP) is 1.05. The number of sulfone groups is 1. The smallest absolute Gasteiger partial charge is 0.343 e. The molecule has 0 aromatic carbocycles. The molecule has 148 valence electrons. The average molecular weight is 405 g/mol. The van der Waals surface area contributed by atoms with E-state index in [0.717, 1.165) is 0 Å². The zero-order valence-electron chi connectivity index (χ0n) is 15.4. The number of aryl methyl sites for hydroxylation is 1. The summed E-state index contributed by atoms with van der Waals surface area (Å²) in [5.74, 6) is -1.03. The lowest BCUT2D eigenvalue weighted by Crippen LogP contribution is -2.40. The molecule has 9 nitrogen and oxygen atoms in total. The van der Waals surface area contributed by atoms with Crippen LogP contribution in [0.2, 0.25) is 0 Å². The van der Waals surface area contributed by atoms with Gasteiger partial charge in [0.1, 0.15) is 23.0 Å². The fourth-order valence-corrected chi connectivity index (χ4v) is 4.89. The molecule has 2 aromatic rings. The maximum atomic E-state index is 12.5. The van der Waals surface area contributed by atoms with E-state index in [4.69, 9.17) is 9.15 Å². The van der Waals surface area contributed by atoms with Crippen LogP contribution >= 0.6 is 0 Å². The molecule has 0 radical (unpaired) electrons. The standard InChI is InChI=1S/C18H19N3O6S/c1-12-16(14(9-19)17(27-12)21-6-3-4-7-21)18(23)26-10-15(22)20(2)13-5-8-28(24,25)11-13/h3-4,6-7,13H,5,8,10-11H2,1-2H3/t13-/m1/s1. The summed E-state index contributed by atoms with van der Waals surface area (Å²) in [5.41, 5.74) is -0.0218. The van der Waals surface area contributed by atoms with Gasteiger partial charge in [0.25, 0.3) is 5.91 Å². The zero-order chi connectivity index (χ0) is 20.5. The lowest BCUT2D eigenvalue weighted by atomic mass is 10.1. The Kier molecular flexibility index (Phi) is 5.29. The van der Waals surface area contributed by atoms with Crippen molar-refractivity contribution < 1.29 is 27.2 Å². The highest BCUT2D eigenvalue weighted by atomic mass is 32.2. The van der Waals surface area contributed by atoms with Gasteiger partial charge in [-0.3, -0.25) is 9.36 Å². The number of likely N-dealkylation sites (N-methyl/N-ethyl adjacent to an activating group) is 1. The molecule has 1 amide bonds. The van der Waals surface area contributed by atoms with Gasteiger partial charge in [0.2, 0.25) is 5.88 Å². The number of aromatic nitrogens is 1. The first kappa shape index (κ1) is 19.7. The highest BCUT2D eigenvalue weighted by Gasteiger charge is 2.33. The van der Waals surface area contributed by atoms with Crippen molar-refractivity contribution in [3.05, 3.63) is 41.4 Å². The summed E-state index contributed by atoms with van der Waals surface area (Å²) in [4.78, 5) is 26.0. The number of ether oxygens (including phenoxy) is 1. The number of hydrogen-bond acceptors (Lipinski definition) is 7. The van der Waals surface area contributed by atoms with Gasteiger partial charge in [-0.05, 0) is 25.5 Å². The second kappa shape index (κ2) is 7.52. The molecule has 0 spiro atoms. The Hall–Kier alpha value is -3.06. The second-order valence-electron chi connectivity index (χ2n) is 6.55. The molecule has 3 rings (SSSR count). The molecule has 1 aliphatic rings. The first-order valence-corrected chi connectivity index (χ1v) is 10.4. The van der Waals surface area contributed by atoms with Gasteiger partial charge in [0, 0.05) is 25.5 Å². The van der Waals surface area contributed by atoms with E-state index in [1.807, 2.05) is 6.07 Å². The van der Waals surface area contributed by atoms with Crippen molar-refractivity contribution >= 4 is 21.7 Å². The summed E-state index contributed by atoms with van der Waals surface area (Å²) in [6, 6.07) is 5.00. The van der Waals surface area contributed by atoms with Crippen molar-refractivity contribution in [2.75, 3.05) is 25.2 Å². The number of amides is 1. The van der Waals surface area contributed by atoms with Crippen molar-refractivity contribution in [3.63, 3.8) is 0 Å². The molecule has 0 aliphatic carbocycles. The Labute approximate surface area is 162 Å². The van der Waals surface area contributed by atoms with E-state index in [2.05, 4.69) is 0 Å². The largest absolute Gasteiger partial charge is 0.452 e. The Morgan fingerprint density at radius 3 is 2.64 bits per heavy atom. The highest BCUT2D eigenvalue weighted by Crippen LogP contribution is 2.26. The van der Waals surface area contributed by atoms with Crippen LogP contribution in [-0.2, 0) is 19.4 Å². The topological polar surface area (TPSA) is 123 Å². The van der Waals surface area contributed by atoms with Crippen LogP contribution in [0.3, 0.4) is 0 Å². The molecule has 0 saturated carbocycles. The van der Waals surface area contributed by atoms with Crippen LogP contribution in [0.15, 0.2) is 28.9 Å². The molecule has 3 heterocycles. The van der Waals surface area contributed by atoms with Crippen molar-refractivity contribution in [1.82, 2.24) is 9.47 Å². The zero-order valence-corrected chi connectivity index (χ0v) is 16.2. The summed E-state index contributed by atoms with van der Waals surface area (Å²) in [7, 11) is -1.65. The van der Waals surface area contributed by atoms with Crippen LogP contribution in [0.25, 0.3) is 5.88 Å². The number of nitriles is 1. The number of nitrogens with zero attached hydrogens (tertiary/aromatic N) is 3. The lowest BCUT2D eigenvalue weighted by Gasteiger charge is -2.23. The van der Waals surface area contributed by atoms with E-state index in [1.165, 1.54) is 18.9 Å². The number of rotatable bonds is 5. The van der Waals surface area contributed by atoms with Crippen LogP contribution < -0.4 is 0 Å². The summed E-state index contributed by atoms with van der Waals surface area (Å²) in [5, 5.41) is 9.46. The third-order valence-electron chi connectivity index (χ3n) is 4.70. The number of carbonyl (C=O) groups excluding carboxylic acids is 2. The number of hydrogen-bond donors (Lipinski definition) is 0. The Morgan fingerprint density at radius 2 is 2.07 bits per heavy atom. The number of esters is 1. The van der Waals surface area contributed by atoms with Gasteiger partial charge in [-0.15, -0.1) is 0 Å². The maximum Gasteiger partial charge on any atom is 0.343 e. The minimum absolute atomic E-state index is 0.0152. The SMILES string of the molecule is Cc1oc(-n2cccc2)c(C#N)c1C(=O)OCC(=O)N(C)[C@@H]1CCS(=O)(=O)C1. The van der Waals surface area contributed by atoms with Crippen LogP contribution in [0.1, 0.15) is 28.1 Å². The van der Waals surface area contributed by atoms with Crippen LogP contribution in [0, 0.1) is 18.3 Å². The Balaban J connectivity index is 1.70. The molecule has 0 N–H and O–H groups in total. The number of furan rings is 1. The highest BCUT2D eigenvalue weighted by molar-refractivity contribution is 7.91. The normalized spacial score (nSPS) is 17.8. The first-order valence-electron chi connectivity index (χ1n) is 8.53. The first-order chi connectivity index (χ1) is 13.2. The monoisotopic (exact) mass is 405 g/mol. The van der Waals surface area contributed by atoms with Crippen molar-refractivity contribution in [2.24, 2.45) is 0 Å². The van der Waals surface area contributed by atoms with E-state index in [9.17, 15) is 23.3 Å². The molecular weight excluding hydrogens is 386 g/mol. The fraction of sp³-hybridized carbons (Fsp3) is 0.389. The predicted molar refractivity (Wildman–Crippen MR) is 97.6 cm³/mol. The Morgan fingerprint density at radius 1 is 1.39 bits per heavy atom. The van der Waals surface area contributed by atoms with E-state index in [0.29, 0.717) is 6.42 Å².